The minimum absolute atomic E-state index is 0.0709. The Morgan fingerprint density at radius 3 is 2.54 bits per heavy atom. The molecule has 1 unspecified atom stereocenters. The molecule has 0 aliphatic carbocycles. The van der Waals surface area contributed by atoms with Crippen LogP contribution < -0.4 is 15.0 Å². The van der Waals surface area contributed by atoms with Crippen LogP contribution >= 0.6 is 0 Å². The van der Waals surface area contributed by atoms with Gasteiger partial charge in [-0.25, -0.2) is 4.98 Å². The van der Waals surface area contributed by atoms with Gasteiger partial charge in [-0.3, -0.25) is 14.5 Å². The van der Waals surface area contributed by atoms with Gasteiger partial charge in [-0.05, 0) is 62.2 Å². The van der Waals surface area contributed by atoms with Crippen LogP contribution in [-0.4, -0.2) is 34.0 Å². The maximum atomic E-state index is 12.7. The Kier molecular flexibility index (Phi) is 6.23. The van der Waals surface area contributed by atoms with Gasteiger partial charge in [-0.2, -0.15) is 0 Å². The molecule has 0 saturated carbocycles. The number of carbonyl (C=O) groups is 2. The number of ether oxygens (including phenoxy) is 1. The molecule has 0 radical (unpaired) electrons. The highest BCUT2D eigenvalue weighted by Gasteiger charge is 2.32. The summed E-state index contributed by atoms with van der Waals surface area (Å²) in [6, 6.07) is 23.3. The zero-order valence-electron chi connectivity index (χ0n) is 19.9. The highest BCUT2D eigenvalue weighted by atomic mass is 16.5. The van der Waals surface area contributed by atoms with Crippen LogP contribution in [0.2, 0.25) is 0 Å². The van der Waals surface area contributed by atoms with Crippen LogP contribution in [0.25, 0.3) is 11.0 Å². The second kappa shape index (κ2) is 9.62. The zero-order valence-corrected chi connectivity index (χ0v) is 19.9. The van der Waals surface area contributed by atoms with Crippen LogP contribution in [0.3, 0.4) is 0 Å². The number of carbonyl (C=O) groups excluding carboxylic acids is 2. The Labute approximate surface area is 204 Å². The van der Waals surface area contributed by atoms with Crippen molar-refractivity contribution in [1.29, 1.82) is 0 Å². The van der Waals surface area contributed by atoms with Crippen molar-refractivity contribution in [2.24, 2.45) is 0 Å². The minimum atomic E-state index is -0.627. The first-order valence-corrected chi connectivity index (χ1v) is 11.9. The third-order valence-corrected chi connectivity index (χ3v) is 6.30. The molecule has 5 rings (SSSR count). The molecular weight excluding hydrogens is 440 g/mol. The second-order valence-corrected chi connectivity index (χ2v) is 8.66. The molecule has 7 heteroatoms. The molecule has 2 heterocycles. The maximum Gasteiger partial charge on any atom is 0.268 e. The van der Waals surface area contributed by atoms with Crippen molar-refractivity contribution in [2.75, 3.05) is 16.8 Å². The molecule has 0 spiro atoms. The fourth-order valence-corrected chi connectivity index (χ4v) is 4.55. The van der Waals surface area contributed by atoms with E-state index in [2.05, 4.69) is 22.9 Å². The number of para-hydroxylation sites is 4. The number of benzene rings is 3. The quantitative estimate of drug-likeness (QED) is 0.430. The summed E-state index contributed by atoms with van der Waals surface area (Å²) < 4.78 is 7.90. The molecule has 2 amide bonds. The number of anilines is 2. The summed E-state index contributed by atoms with van der Waals surface area (Å²) >= 11 is 0. The number of hydrogen-bond acceptors (Lipinski definition) is 4. The molecule has 4 aromatic rings. The number of rotatable bonds is 7. The third-order valence-electron chi connectivity index (χ3n) is 6.30. The molecule has 1 atom stereocenters. The molecule has 0 fully saturated rings. The lowest BCUT2D eigenvalue weighted by molar-refractivity contribution is -0.127. The van der Waals surface area contributed by atoms with Crippen LogP contribution in [0.15, 0.2) is 72.8 Å². The Balaban J connectivity index is 1.21. The van der Waals surface area contributed by atoms with Gasteiger partial charge in [0.2, 0.25) is 5.91 Å². The number of aromatic nitrogens is 2. The van der Waals surface area contributed by atoms with Crippen LogP contribution in [0.4, 0.5) is 11.4 Å². The standard InChI is InChI=1S/C28H28N4O3/c1-3-31-23-9-5-4-8-22(23)30-26(31)17-14-20-12-15-21(16-13-20)29-27(33)18-32-24-10-6-7-11-25(24)35-19(2)28(32)34/h4-13,15-16,19H,3,14,17-18H2,1-2H3,(H,29,33). The number of nitrogens with one attached hydrogen (secondary N) is 1. The van der Waals surface area contributed by atoms with Gasteiger partial charge >= 0.3 is 0 Å². The molecular formula is C28H28N4O3. The first-order valence-electron chi connectivity index (χ1n) is 11.9. The van der Waals surface area contributed by atoms with Crippen LogP contribution in [-0.2, 0) is 29.0 Å². The summed E-state index contributed by atoms with van der Waals surface area (Å²) in [6.45, 7) is 4.64. The number of fused-ring (bicyclic) bond motifs is 2. The van der Waals surface area contributed by atoms with E-state index < -0.39 is 6.10 Å². The molecule has 7 nitrogen and oxygen atoms in total. The Morgan fingerprint density at radius 2 is 1.74 bits per heavy atom. The van der Waals surface area contributed by atoms with E-state index in [1.807, 2.05) is 54.6 Å². The van der Waals surface area contributed by atoms with Gasteiger partial charge in [0, 0.05) is 18.7 Å². The largest absolute Gasteiger partial charge is 0.479 e. The molecule has 3 aromatic carbocycles. The molecule has 35 heavy (non-hydrogen) atoms. The minimum Gasteiger partial charge on any atom is -0.479 e. The molecule has 0 saturated heterocycles. The lowest BCUT2D eigenvalue weighted by Crippen LogP contribution is -2.47. The molecule has 1 aliphatic heterocycles. The van der Waals surface area contributed by atoms with Crippen molar-refractivity contribution < 1.29 is 14.3 Å². The van der Waals surface area contributed by atoms with Crippen LogP contribution in [0, 0.1) is 0 Å². The SMILES string of the molecule is CCn1c(CCc2ccc(NC(=O)CN3C(=O)C(C)Oc4ccccc43)cc2)nc2ccccc21. The van der Waals surface area contributed by atoms with Gasteiger partial charge in [0.25, 0.3) is 5.91 Å². The fourth-order valence-electron chi connectivity index (χ4n) is 4.55. The molecule has 178 valence electrons. The van der Waals surface area contributed by atoms with Gasteiger partial charge in [-0.15, -0.1) is 0 Å². The zero-order chi connectivity index (χ0) is 24.4. The summed E-state index contributed by atoms with van der Waals surface area (Å²) in [5.41, 5.74) is 4.67. The van der Waals surface area contributed by atoms with E-state index in [0.29, 0.717) is 17.1 Å². The second-order valence-electron chi connectivity index (χ2n) is 8.66. The lowest BCUT2D eigenvalue weighted by atomic mass is 10.1. The van der Waals surface area contributed by atoms with E-state index in [4.69, 9.17) is 9.72 Å². The lowest BCUT2D eigenvalue weighted by Gasteiger charge is -2.32. The normalized spacial score (nSPS) is 15.1. The first kappa shape index (κ1) is 22.7. The average Bonchev–Trinajstić information content (AvgIpc) is 3.24. The monoisotopic (exact) mass is 468 g/mol. The highest BCUT2D eigenvalue weighted by molar-refractivity contribution is 6.06. The van der Waals surface area contributed by atoms with Gasteiger partial charge in [0.15, 0.2) is 6.10 Å². The Morgan fingerprint density at radius 1 is 1.00 bits per heavy atom. The van der Waals surface area contributed by atoms with Crippen molar-refractivity contribution in [1.82, 2.24) is 9.55 Å². The fraction of sp³-hybridized carbons (Fsp3) is 0.250. The smallest absolute Gasteiger partial charge is 0.268 e. The summed E-state index contributed by atoms with van der Waals surface area (Å²) in [7, 11) is 0. The summed E-state index contributed by atoms with van der Waals surface area (Å²) in [5, 5.41) is 2.90. The van der Waals surface area contributed by atoms with E-state index in [1.165, 1.54) is 16.0 Å². The van der Waals surface area contributed by atoms with Crippen LogP contribution in [0.1, 0.15) is 25.2 Å². The van der Waals surface area contributed by atoms with Crippen molar-refractivity contribution in [3.05, 3.63) is 84.2 Å². The predicted molar refractivity (Wildman–Crippen MR) is 137 cm³/mol. The average molecular weight is 469 g/mol. The number of imidazole rings is 1. The van der Waals surface area contributed by atoms with E-state index in [9.17, 15) is 9.59 Å². The van der Waals surface area contributed by atoms with Gasteiger partial charge in [0.1, 0.15) is 18.1 Å². The van der Waals surface area contributed by atoms with E-state index in [1.54, 1.807) is 19.1 Å². The number of hydrogen-bond donors (Lipinski definition) is 1. The number of nitrogens with zero attached hydrogens (tertiary/aromatic N) is 3. The Hall–Kier alpha value is -4.13. The predicted octanol–water partition coefficient (Wildman–Crippen LogP) is 4.59. The van der Waals surface area contributed by atoms with Gasteiger partial charge < -0.3 is 14.6 Å². The summed E-state index contributed by atoms with van der Waals surface area (Å²) in [5.74, 6) is 1.20. The van der Waals surface area contributed by atoms with E-state index in [-0.39, 0.29) is 18.4 Å². The molecule has 0 bridgehead atoms. The summed E-state index contributed by atoms with van der Waals surface area (Å²) in [6.07, 6.45) is 1.07. The number of amides is 2. The highest BCUT2D eigenvalue weighted by Crippen LogP contribution is 2.33. The Bertz CT molecular complexity index is 1380. The molecule has 1 N–H and O–H groups in total. The number of aryl methyl sites for hydroxylation is 3. The topological polar surface area (TPSA) is 76.5 Å². The third kappa shape index (κ3) is 4.62. The van der Waals surface area contributed by atoms with Crippen molar-refractivity contribution in [2.45, 2.75) is 39.3 Å². The van der Waals surface area contributed by atoms with Gasteiger partial charge in [0.05, 0.1) is 16.7 Å². The van der Waals surface area contributed by atoms with Crippen molar-refractivity contribution in [3.63, 3.8) is 0 Å². The molecule has 1 aliphatic rings. The molecule has 1 aromatic heterocycles. The van der Waals surface area contributed by atoms with Crippen molar-refractivity contribution in [3.8, 4) is 5.75 Å². The van der Waals surface area contributed by atoms with Crippen LogP contribution in [0.5, 0.6) is 5.75 Å². The first-order chi connectivity index (χ1) is 17.0. The van der Waals surface area contributed by atoms with E-state index in [0.717, 1.165) is 30.7 Å². The van der Waals surface area contributed by atoms with E-state index >= 15 is 0 Å². The summed E-state index contributed by atoms with van der Waals surface area (Å²) in [4.78, 5) is 31.6. The van der Waals surface area contributed by atoms with Gasteiger partial charge in [-0.1, -0.05) is 36.4 Å². The van der Waals surface area contributed by atoms with Crippen molar-refractivity contribution >= 4 is 34.2 Å². The maximum absolute atomic E-state index is 12.7.